The molecule has 0 fully saturated rings. The molecule has 2 aromatic rings. The van der Waals surface area contributed by atoms with Gasteiger partial charge in [0.2, 0.25) is 0 Å². The number of hydrogen-bond acceptors (Lipinski definition) is 2. The van der Waals surface area contributed by atoms with Crippen LogP contribution in [0.15, 0.2) is 18.2 Å². The third-order valence-corrected chi connectivity index (χ3v) is 3.11. The molecule has 0 atom stereocenters. The predicted octanol–water partition coefficient (Wildman–Crippen LogP) is 2.98. The standard InChI is InChI=1S/C15H22FN3/c1-4-17-8-7-15-18-13-9-12(16)5-6-14(13)19(15)10-11(2)3/h5-6,9,11,17H,4,7-8,10H2,1-3H3. The zero-order valence-electron chi connectivity index (χ0n) is 11.9. The van der Waals surface area contributed by atoms with Crippen LogP contribution in [0.3, 0.4) is 0 Å². The van der Waals surface area contributed by atoms with Gasteiger partial charge in [-0.05, 0) is 24.6 Å². The van der Waals surface area contributed by atoms with Gasteiger partial charge in [-0.25, -0.2) is 9.37 Å². The van der Waals surface area contributed by atoms with Gasteiger partial charge in [0.25, 0.3) is 0 Å². The number of hydrogen-bond donors (Lipinski definition) is 1. The van der Waals surface area contributed by atoms with E-state index in [4.69, 9.17) is 0 Å². The third kappa shape index (κ3) is 3.32. The Morgan fingerprint density at radius 3 is 2.84 bits per heavy atom. The number of aromatic nitrogens is 2. The summed E-state index contributed by atoms with van der Waals surface area (Å²) in [7, 11) is 0. The molecular weight excluding hydrogens is 241 g/mol. The summed E-state index contributed by atoms with van der Waals surface area (Å²) in [4.78, 5) is 4.58. The molecule has 0 saturated heterocycles. The average Bonchev–Trinajstić information content (AvgIpc) is 2.66. The van der Waals surface area contributed by atoms with Crippen LogP contribution in [0.4, 0.5) is 4.39 Å². The summed E-state index contributed by atoms with van der Waals surface area (Å²) >= 11 is 0. The van der Waals surface area contributed by atoms with Gasteiger partial charge in [-0.2, -0.15) is 0 Å². The van der Waals surface area contributed by atoms with Crippen LogP contribution in [0.2, 0.25) is 0 Å². The minimum Gasteiger partial charge on any atom is -0.328 e. The van der Waals surface area contributed by atoms with E-state index >= 15 is 0 Å². The third-order valence-electron chi connectivity index (χ3n) is 3.11. The summed E-state index contributed by atoms with van der Waals surface area (Å²) in [5, 5.41) is 3.31. The highest BCUT2D eigenvalue weighted by Crippen LogP contribution is 2.19. The Kier molecular flexibility index (Phi) is 4.53. The largest absolute Gasteiger partial charge is 0.328 e. The SMILES string of the molecule is CCNCCc1nc2cc(F)ccc2n1CC(C)C. The zero-order valence-corrected chi connectivity index (χ0v) is 11.9. The average molecular weight is 263 g/mol. The number of rotatable bonds is 6. The molecule has 1 aromatic heterocycles. The predicted molar refractivity (Wildman–Crippen MR) is 76.8 cm³/mol. The van der Waals surface area contributed by atoms with Crippen molar-refractivity contribution in [2.75, 3.05) is 13.1 Å². The lowest BCUT2D eigenvalue weighted by Gasteiger charge is -2.11. The Balaban J connectivity index is 2.36. The van der Waals surface area contributed by atoms with Crippen LogP contribution in [0.25, 0.3) is 11.0 Å². The summed E-state index contributed by atoms with van der Waals surface area (Å²) in [6.45, 7) is 9.24. The summed E-state index contributed by atoms with van der Waals surface area (Å²) < 4.78 is 15.5. The summed E-state index contributed by atoms with van der Waals surface area (Å²) in [6, 6.07) is 4.86. The second-order valence-electron chi connectivity index (χ2n) is 5.27. The van der Waals surface area contributed by atoms with E-state index in [-0.39, 0.29) is 5.82 Å². The molecule has 0 aliphatic heterocycles. The zero-order chi connectivity index (χ0) is 13.8. The maximum absolute atomic E-state index is 13.3. The van der Waals surface area contributed by atoms with E-state index in [1.807, 2.05) is 6.07 Å². The van der Waals surface area contributed by atoms with Gasteiger partial charge in [0.15, 0.2) is 0 Å². The van der Waals surface area contributed by atoms with Gasteiger partial charge in [-0.1, -0.05) is 20.8 Å². The summed E-state index contributed by atoms with van der Waals surface area (Å²) in [5.74, 6) is 1.36. The number of halogens is 1. The molecule has 0 spiro atoms. The van der Waals surface area contributed by atoms with E-state index < -0.39 is 0 Å². The molecule has 0 aliphatic carbocycles. The number of benzene rings is 1. The molecule has 3 nitrogen and oxygen atoms in total. The lowest BCUT2D eigenvalue weighted by molar-refractivity contribution is 0.513. The van der Waals surface area contributed by atoms with E-state index in [0.717, 1.165) is 42.9 Å². The Morgan fingerprint density at radius 1 is 1.37 bits per heavy atom. The van der Waals surface area contributed by atoms with Gasteiger partial charge >= 0.3 is 0 Å². The molecule has 0 unspecified atom stereocenters. The molecule has 104 valence electrons. The molecule has 0 saturated carbocycles. The molecular formula is C15H22FN3. The molecule has 0 bridgehead atoms. The molecule has 0 aliphatic rings. The van der Waals surface area contributed by atoms with Crippen molar-refractivity contribution >= 4 is 11.0 Å². The fraction of sp³-hybridized carbons (Fsp3) is 0.533. The highest BCUT2D eigenvalue weighted by Gasteiger charge is 2.12. The van der Waals surface area contributed by atoms with Crippen LogP contribution in [0.5, 0.6) is 0 Å². The van der Waals surface area contributed by atoms with Crippen molar-refractivity contribution in [1.82, 2.24) is 14.9 Å². The van der Waals surface area contributed by atoms with E-state index in [2.05, 4.69) is 35.6 Å². The van der Waals surface area contributed by atoms with Crippen LogP contribution >= 0.6 is 0 Å². The quantitative estimate of drug-likeness (QED) is 0.812. The maximum atomic E-state index is 13.3. The van der Waals surface area contributed by atoms with E-state index in [0.29, 0.717) is 5.92 Å². The Bertz CT molecular complexity index is 546. The highest BCUT2D eigenvalue weighted by molar-refractivity contribution is 5.76. The Hall–Kier alpha value is -1.42. The first-order chi connectivity index (χ1) is 9.11. The lowest BCUT2D eigenvalue weighted by Crippen LogP contribution is -2.19. The molecule has 2 rings (SSSR count). The van der Waals surface area contributed by atoms with Gasteiger partial charge in [0, 0.05) is 25.6 Å². The smallest absolute Gasteiger partial charge is 0.125 e. The first-order valence-corrected chi connectivity index (χ1v) is 6.97. The van der Waals surface area contributed by atoms with Crippen molar-refractivity contribution < 1.29 is 4.39 Å². The van der Waals surface area contributed by atoms with E-state index in [1.54, 1.807) is 0 Å². The second kappa shape index (κ2) is 6.15. The molecule has 4 heteroatoms. The minimum absolute atomic E-state index is 0.222. The number of likely N-dealkylation sites (N-methyl/N-ethyl adjacent to an activating group) is 1. The monoisotopic (exact) mass is 263 g/mol. The first-order valence-electron chi connectivity index (χ1n) is 6.97. The molecule has 1 heterocycles. The fourth-order valence-electron chi connectivity index (χ4n) is 2.29. The molecule has 0 radical (unpaired) electrons. The van der Waals surface area contributed by atoms with Crippen molar-refractivity contribution in [3.05, 3.63) is 29.8 Å². The molecule has 1 aromatic carbocycles. The van der Waals surface area contributed by atoms with Crippen LogP contribution in [0.1, 0.15) is 26.6 Å². The maximum Gasteiger partial charge on any atom is 0.125 e. The van der Waals surface area contributed by atoms with E-state index in [1.165, 1.54) is 12.1 Å². The Morgan fingerprint density at radius 2 is 2.16 bits per heavy atom. The summed E-state index contributed by atoms with van der Waals surface area (Å²) in [6.07, 6.45) is 0.872. The minimum atomic E-state index is -0.222. The van der Waals surface area contributed by atoms with E-state index in [9.17, 15) is 4.39 Å². The topological polar surface area (TPSA) is 29.9 Å². The van der Waals surface area contributed by atoms with Gasteiger partial charge in [0.1, 0.15) is 11.6 Å². The van der Waals surface area contributed by atoms with Crippen LogP contribution in [-0.4, -0.2) is 22.6 Å². The van der Waals surface area contributed by atoms with Crippen molar-refractivity contribution in [3.8, 4) is 0 Å². The number of nitrogens with one attached hydrogen (secondary N) is 1. The van der Waals surface area contributed by atoms with Crippen LogP contribution in [0, 0.1) is 11.7 Å². The Labute approximate surface area is 113 Å². The molecule has 19 heavy (non-hydrogen) atoms. The lowest BCUT2D eigenvalue weighted by atomic mass is 10.2. The number of nitrogens with zero attached hydrogens (tertiary/aromatic N) is 2. The van der Waals surface area contributed by atoms with Gasteiger partial charge in [-0.3, -0.25) is 0 Å². The number of fused-ring (bicyclic) bond motifs is 1. The van der Waals surface area contributed by atoms with Gasteiger partial charge < -0.3 is 9.88 Å². The van der Waals surface area contributed by atoms with Crippen molar-refractivity contribution in [1.29, 1.82) is 0 Å². The van der Waals surface area contributed by atoms with Crippen molar-refractivity contribution in [2.45, 2.75) is 33.7 Å². The highest BCUT2D eigenvalue weighted by atomic mass is 19.1. The van der Waals surface area contributed by atoms with Crippen LogP contribution < -0.4 is 5.32 Å². The fourth-order valence-corrected chi connectivity index (χ4v) is 2.29. The van der Waals surface area contributed by atoms with Crippen molar-refractivity contribution in [3.63, 3.8) is 0 Å². The molecule has 0 amide bonds. The first kappa shape index (κ1) is 14.0. The normalized spacial score (nSPS) is 11.6. The van der Waals surface area contributed by atoms with Gasteiger partial charge in [0.05, 0.1) is 11.0 Å². The van der Waals surface area contributed by atoms with Crippen LogP contribution in [-0.2, 0) is 13.0 Å². The number of imidazole rings is 1. The molecule has 1 N–H and O–H groups in total. The van der Waals surface area contributed by atoms with Crippen molar-refractivity contribution in [2.24, 2.45) is 5.92 Å². The van der Waals surface area contributed by atoms with Gasteiger partial charge in [-0.15, -0.1) is 0 Å². The second-order valence-corrected chi connectivity index (χ2v) is 5.27. The summed E-state index contributed by atoms with van der Waals surface area (Å²) in [5.41, 5.74) is 1.79.